The minimum Gasteiger partial charge on any atom is -0.461 e. The Labute approximate surface area is 69.0 Å². The van der Waals surface area contributed by atoms with Gasteiger partial charge in [-0.3, -0.25) is 4.98 Å². The minimum atomic E-state index is -0.860. The van der Waals surface area contributed by atoms with Crippen LogP contribution in [-0.4, -0.2) is 11.8 Å². The number of aromatic nitrogens is 1. The zero-order chi connectivity index (χ0) is 8.27. The molecule has 0 aliphatic heterocycles. The van der Waals surface area contributed by atoms with Crippen molar-refractivity contribution in [1.29, 1.82) is 0 Å². The lowest BCUT2D eigenvalue weighted by atomic mass is 10.4. The second-order valence-corrected chi connectivity index (χ2v) is 2.40. The van der Waals surface area contributed by atoms with Crippen molar-refractivity contribution in [3.05, 3.63) is 23.0 Å². The van der Waals surface area contributed by atoms with Crippen LogP contribution in [0.15, 0.2) is 12.3 Å². The lowest BCUT2D eigenvalue weighted by molar-refractivity contribution is 0.191. The van der Waals surface area contributed by atoms with E-state index in [9.17, 15) is 4.39 Å². The Balaban J connectivity index is 2.86. The van der Waals surface area contributed by atoms with E-state index in [1.165, 1.54) is 12.3 Å². The Morgan fingerprint density at radius 2 is 2.45 bits per heavy atom. The Bertz CT molecular complexity index is 254. The van der Waals surface area contributed by atoms with Gasteiger partial charge in [0, 0.05) is 6.07 Å². The summed E-state index contributed by atoms with van der Waals surface area (Å²) >= 11 is 5.68. The van der Waals surface area contributed by atoms with E-state index in [0.29, 0.717) is 16.5 Å². The summed E-state index contributed by atoms with van der Waals surface area (Å²) in [6.45, 7) is 0.905. The van der Waals surface area contributed by atoms with Crippen molar-refractivity contribution in [3.8, 4) is 5.75 Å². The minimum absolute atomic E-state index is 0.350. The van der Waals surface area contributed by atoms with E-state index in [0.717, 1.165) is 0 Å². The summed E-state index contributed by atoms with van der Waals surface area (Å²) in [6, 6.07) is 1.53. The first-order chi connectivity index (χ1) is 5.24. The van der Waals surface area contributed by atoms with Gasteiger partial charge in [0.1, 0.15) is 5.75 Å². The highest BCUT2D eigenvalue weighted by Gasteiger charge is 1.98. The fourth-order valence-electron chi connectivity index (χ4n) is 0.631. The van der Waals surface area contributed by atoms with Gasteiger partial charge < -0.3 is 4.74 Å². The molecule has 0 spiro atoms. The molecule has 0 aliphatic rings. The number of aryl methyl sites for hydroxylation is 1. The zero-order valence-corrected chi connectivity index (χ0v) is 6.73. The van der Waals surface area contributed by atoms with Crippen LogP contribution in [-0.2, 0) is 0 Å². The van der Waals surface area contributed by atoms with Crippen molar-refractivity contribution in [2.75, 3.05) is 6.86 Å². The summed E-state index contributed by atoms with van der Waals surface area (Å²) in [6.07, 6.45) is 1.43. The molecule has 0 aromatic carbocycles. The van der Waals surface area contributed by atoms with E-state index >= 15 is 0 Å². The molecule has 4 heteroatoms. The molecule has 0 bridgehead atoms. The lowest BCUT2D eigenvalue weighted by Gasteiger charge is -2.01. The number of ether oxygens (including phenoxy) is 1. The van der Waals surface area contributed by atoms with Gasteiger partial charge in [-0.15, -0.1) is 0 Å². The van der Waals surface area contributed by atoms with Crippen LogP contribution in [0.5, 0.6) is 5.75 Å². The fraction of sp³-hybridized carbons (Fsp3) is 0.286. The van der Waals surface area contributed by atoms with Crippen LogP contribution >= 0.6 is 11.6 Å². The Kier molecular flexibility index (Phi) is 2.65. The predicted octanol–water partition coefficient (Wildman–Crippen LogP) is 2.35. The predicted molar refractivity (Wildman–Crippen MR) is 40.6 cm³/mol. The van der Waals surface area contributed by atoms with Gasteiger partial charge in [-0.05, 0) is 6.92 Å². The van der Waals surface area contributed by atoms with Crippen LogP contribution in [0.1, 0.15) is 5.69 Å². The molecule has 1 heterocycles. The molecular formula is C7H7ClFNO. The lowest BCUT2D eigenvalue weighted by Crippen LogP contribution is -1.91. The molecule has 0 amide bonds. The van der Waals surface area contributed by atoms with Crippen molar-refractivity contribution in [1.82, 2.24) is 4.98 Å². The Morgan fingerprint density at radius 1 is 1.73 bits per heavy atom. The number of alkyl halides is 1. The smallest absolute Gasteiger partial charge is 0.228 e. The van der Waals surface area contributed by atoms with Gasteiger partial charge in [0.25, 0.3) is 0 Å². The second kappa shape index (κ2) is 3.53. The monoisotopic (exact) mass is 175 g/mol. The van der Waals surface area contributed by atoms with Gasteiger partial charge >= 0.3 is 0 Å². The SMILES string of the molecule is Cc1ncc(OCF)cc1Cl. The number of hydrogen-bond donors (Lipinski definition) is 0. The normalized spacial score (nSPS) is 9.73. The third-order valence-electron chi connectivity index (χ3n) is 1.22. The maximum absolute atomic E-state index is 11.6. The Morgan fingerprint density at radius 3 is 3.00 bits per heavy atom. The molecule has 0 atom stereocenters. The van der Waals surface area contributed by atoms with E-state index in [4.69, 9.17) is 11.6 Å². The van der Waals surface area contributed by atoms with Crippen LogP contribution in [0.25, 0.3) is 0 Å². The number of pyridine rings is 1. The summed E-state index contributed by atoms with van der Waals surface area (Å²) in [5.41, 5.74) is 0.706. The summed E-state index contributed by atoms with van der Waals surface area (Å²) in [7, 11) is 0. The van der Waals surface area contributed by atoms with Crippen LogP contribution in [0.3, 0.4) is 0 Å². The highest BCUT2D eigenvalue weighted by Crippen LogP contribution is 2.18. The van der Waals surface area contributed by atoms with Gasteiger partial charge in [0.15, 0.2) is 0 Å². The van der Waals surface area contributed by atoms with Gasteiger partial charge in [-0.2, -0.15) is 0 Å². The van der Waals surface area contributed by atoms with Gasteiger partial charge in [0.2, 0.25) is 6.86 Å². The number of halogens is 2. The van der Waals surface area contributed by atoms with Gasteiger partial charge in [-0.25, -0.2) is 4.39 Å². The summed E-state index contributed by atoms with van der Waals surface area (Å²) < 4.78 is 16.1. The second-order valence-electron chi connectivity index (χ2n) is 1.99. The van der Waals surface area contributed by atoms with E-state index in [2.05, 4.69) is 9.72 Å². The average molecular weight is 176 g/mol. The molecule has 0 N–H and O–H groups in total. The van der Waals surface area contributed by atoms with Crippen molar-refractivity contribution >= 4 is 11.6 Å². The highest BCUT2D eigenvalue weighted by molar-refractivity contribution is 6.31. The molecule has 0 radical (unpaired) electrons. The molecule has 11 heavy (non-hydrogen) atoms. The Hall–Kier alpha value is -0.830. The van der Waals surface area contributed by atoms with Crippen LogP contribution in [0, 0.1) is 6.92 Å². The van der Waals surface area contributed by atoms with Crippen LogP contribution < -0.4 is 4.74 Å². The first-order valence-electron chi connectivity index (χ1n) is 3.05. The molecule has 2 nitrogen and oxygen atoms in total. The molecule has 0 unspecified atom stereocenters. The summed E-state index contributed by atoms with van der Waals surface area (Å²) in [4.78, 5) is 3.87. The van der Waals surface area contributed by atoms with Crippen molar-refractivity contribution in [3.63, 3.8) is 0 Å². The quantitative estimate of drug-likeness (QED) is 0.689. The van der Waals surface area contributed by atoms with Crippen molar-refractivity contribution in [2.45, 2.75) is 6.92 Å². The zero-order valence-electron chi connectivity index (χ0n) is 5.97. The maximum Gasteiger partial charge on any atom is 0.228 e. The summed E-state index contributed by atoms with van der Waals surface area (Å²) in [5.74, 6) is 0.350. The van der Waals surface area contributed by atoms with E-state index < -0.39 is 6.86 Å². The van der Waals surface area contributed by atoms with Crippen molar-refractivity contribution < 1.29 is 9.13 Å². The third-order valence-corrected chi connectivity index (χ3v) is 1.60. The molecule has 0 fully saturated rings. The first-order valence-corrected chi connectivity index (χ1v) is 3.42. The van der Waals surface area contributed by atoms with Crippen LogP contribution in [0.2, 0.25) is 5.02 Å². The molecule has 0 saturated carbocycles. The van der Waals surface area contributed by atoms with E-state index in [-0.39, 0.29) is 0 Å². The third kappa shape index (κ3) is 2.05. The van der Waals surface area contributed by atoms with Crippen molar-refractivity contribution in [2.24, 2.45) is 0 Å². The maximum atomic E-state index is 11.6. The summed E-state index contributed by atoms with van der Waals surface area (Å²) in [5, 5.41) is 0.482. The molecule has 1 rings (SSSR count). The molecule has 60 valence electrons. The largest absolute Gasteiger partial charge is 0.461 e. The first kappa shape index (κ1) is 8.27. The van der Waals surface area contributed by atoms with E-state index in [1.54, 1.807) is 6.92 Å². The molecular weight excluding hydrogens is 169 g/mol. The standard InChI is InChI=1S/C7H7ClFNO/c1-5-7(8)2-6(3-10-5)11-4-9/h2-3H,4H2,1H3. The molecule has 1 aromatic heterocycles. The van der Waals surface area contributed by atoms with Gasteiger partial charge in [0.05, 0.1) is 16.9 Å². The molecule has 0 aliphatic carbocycles. The average Bonchev–Trinajstić information content (AvgIpc) is 1.98. The van der Waals surface area contributed by atoms with E-state index in [1.807, 2.05) is 0 Å². The number of nitrogens with zero attached hydrogens (tertiary/aromatic N) is 1. The highest BCUT2D eigenvalue weighted by atomic mass is 35.5. The van der Waals surface area contributed by atoms with Gasteiger partial charge in [-0.1, -0.05) is 11.6 Å². The molecule has 1 aromatic rings. The van der Waals surface area contributed by atoms with Crippen LogP contribution in [0.4, 0.5) is 4.39 Å². The number of rotatable bonds is 2. The number of hydrogen-bond acceptors (Lipinski definition) is 2. The molecule has 0 saturated heterocycles. The topological polar surface area (TPSA) is 22.1 Å². The fourth-order valence-corrected chi connectivity index (χ4v) is 0.787.